The van der Waals surface area contributed by atoms with Crippen molar-refractivity contribution in [3.05, 3.63) is 30.0 Å². The average molecular weight is 443 g/mol. The summed E-state index contributed by atoms with van der Waals surface area (Å²) in [6.45, 7) is 7.27. The summed E-state index contributed by atoms with van der Waals surface area (Å²) in [7, 11) is -4.94. The van der Waals surface area contributed by atoms with Crippen LogP contribution in [0.1, 0.15) is 26.3 Å². The van der Waals surface area contributed by atoms with Crippen LogP contribution in [-0.2, 0) is 20.9 Å². The maximum Gasteiger partial charge on any atom is 0.345 e. The Balaban J connectivity index is 2.61. The molecule has 0 N–H and O–H groups in total. The van der Waals surface area contributed by atoms with Crippen molar-refractivity contribution in [3.63, 3.8) is 0 Å². The smallest absolute Gasteiger partial charge is 0.345 e. The topological polar surface area (TPSA) is 108 Å². The largest absolute Gasteiger partial charge is 0.372 e. The van der Waals surface area contributed by atoms with Gasteiger partial charge in [0.25, 0.3) is 10.0 Å². The van der Waals surface area contributed by atoms with Crippen LogP contribution in [-0.4, -0.2) is 32.8 Å². The molecule has 2 rings (SSSR count). The van der Waals surface area contributed by atoms with E-state index in [-0.39, 0.29) is 22.8 Å². The number of rotatable bonds is 9. The molecule has 0 radical (unpaired) electrons. The van der Waals surface area contributed by atoms with Gasteiger partial charge in [0.05, 0.1) is 0 Å². The third kappa shape index (κ3) is 5.14. The Morgan fingerprint density at radius 3 is 2.50 bits per heavy atom. The summed E-state index contributed by atoms with van der Waals surface area (Å²) in [5, 5.41) is 21.0. The van der Waals surface area contributed by atoms with Gasteiger partial charge in [-0.05, 0) is 43.5 Å². The molecule has 0 fully saturated rings. The molecular weight excluding hydrogens is 423 g/mol. The van der Waals surface area contributed by atoms with Gasteiger partial charge in [-0.2, -0.15) is 18.4 Å². The SMILES string of the molecule is CCN(CC)c1ccc(N=Nc2nn(CC)cc2C#N)c(N=S(=O)(OF)C(F)F)c1. The Labute approximate surface area is 172 Å². The van der Waals surface area contributed by atoms with E-state index in [1.807, 2.05) is 31.7 Å². The Morgan fingerprint density at radius 1 is 1.27 bits per heavy atom. The van der Waals surface area contributed by atoms with Crippen LogP contribution in [0.15, 0.2) is 39.0 Å². The number of nitriles is 1. The van der Waals surface area contributed by atoms with E-state index < -0.39 is 15.8 Å². The molecule has 1 aromatic heterocycles. The van der Waals surface area contributed by atoms with Crippen molar-refractivity contribution in [2.45, 2.75) is 33.1 Å². The lowest BCUT2D eigenvalue weighted by Gasteiger charge is -2.21. The van der Waals surface area contributed by atoms with E-state index in [1.54, 1.807) is 6.07 Å². The molecule has 0 amide bonds. The second kappa shape index (κ2) is 10.2. The Hall–Kier alpha value is -2.98. The van der Waals surface area contributed by atoms with Gasteiger partial charge in [0.2, 0.25) is 5.82 Å². The lowest BCUT2D eigenvalue weighted by molar-refractivity contribution is -0.000950. The molecule has 9 nitrogen and oxygen atoms in total. The van der Waals surface area contributed by atoms with Crippen LogP contribution in [0.4, 0.5) is 36.2 Å². The molecule has 0 saturated heterocycles. The molecule has 13 heteroatoms. The minimum Gasteiger partial charge on any atom is -0.372 e. The summed E-state index contributed by atoms with van der Waals surface area (Å²) in [6.07, 6.45) is 1.48. The molecular formula is C17H20F3N7O2S. The van der Waals surface area contributed by atoms with Gasteiger partial charge in [-0.25, -0.2) is 4.21 Å². The van der Waals surface area contributed by atoms with E-state index in [2.05, 4.69) is 24.1 Å². The zero-order valence-electron chi connectivity index (χ0n) is 16.5. The van der Waals surface area contributed by atoms with Crippen molar-refractivity contribution >= 4 is 32.9 Å². The van der Waals surface area contributed by atoms with Gasteiger partial charge in [0, 0.05) is 31.5 Å². The van der Waals surface area contributed by atoms with Gasteiger partial charge < -0.3 is 4.90 Å². The van der Waals surface area contributed by atoms with Crippen molar-refractivity contribution in [2.75, 3.05) is 18.0 Å². The number of aryl methyl sites for hydroxylation is 1. The molecule has 0 spiro atoms. The normalized spacial score (nSPS) is 13.4. The minimum atomic E-state index is -4.94. The highest BCUT2D eigenvalue weighted by Gasteiger charge is 2.25. The Bertz CT molecular complexity index is 1070. The second-order valence-electron chi connectivity index (χ2n) is 5.81. The molecule has 30 heavy (non-hydrogen) atoms. The van der Waals surface area contributed by atoms with E-state index in [0.29, 0.717) is 25.3 Å². The van der Waals surface area contributed by atoms with Gasteiger partial charge in [0.1, 0.15) is 23.0 Å². The molecule has 2 aromatic rings. The van der Waals surface area contributed by atoms with Gasteiger partial charge in [0.15, 0.2) is 0 Å². The highest BCUT2D eigenvalue weighted by molar-refractivity contribution is 7.89. The predicted octanol–water partition coefficient (Wildman–Crippen LogP) is 5.17. The Morgan fingerprint density at radius 2 is 1.97 bits per heavy atom. The monoisotopic (exact) mass is 443 g/mol. The number of hydrogen-bond acceptors (Lipinski definition) is 8. The summed E-state index contributed by atoms with van der Waals surface area (Å²) in [5.41, 5.74) is 0.341. The van der Waals surface area contributed by atoms with Gasteiger partial charge in [-0.3, -0.25) is 4.68 Å². The third-order valence-corrected chi connectivity index (χ3v) is 5.15. The highest BCUT2D eigenvalue weighted by atomic mass is 32.2. The first kappa shape index (κ1) is 23.3. The quantitative estimate of drug-likeness (QED) is 0.497. The van der Waals surface area contributed by atoms with Gasteiger partial charge >= 0.3 is 5.76 Å². The molecule has 0 aliphatic rings. The number of alkyl halides is 2. The first-order chi connectivity index (χ1) is 14.3. The lowest BCUT2D eigenvalue weighted by Crippen LogP contribution is -2.21. The van der Waals surface area contributed by atoms with Crippen molar-refractivity contribution in [1.82, 2.24) is 9.78 Å². The third-order valence-electron chi connectivity index (χ3n) is 4.07. The predicted molar refractivity (Wildman–Crippen MR) is 105 cm³/mol. The first-order valence-electron chi connectivity index (χ1n) is 8.94. The van der Waals surface area contributed by atoms with E-state index in [0.717, 1.165) is 0 Å². The zero-order valence-corrected chi connectivity index (χ0v) is 17.3. The molecule has 1 heterocycles. The number of nitrogens with zero attached hydrogens (tertiary/aromatic N) is 7. The summed E-state index contributed by atoms with van der Waals surface area (Å²) in [4.78, 5) is 1.87. The van der Waals surface area contributed by atoms with Crippen LogP contribution in [0.2, 0.25) is 0 Å². The van der Waals surface area contributed by atoms with E-state index >= 15 is 0 Å². The number of benzene rings is 1. The summed E-state index contributed by atoms with van der Waals surface area (Å²) < 4.78 is 58.4. The molecule has 1 atom stereocenters. The maximum absolute atomic E-state index is 13.0. The van der Waals surface area contributed by atoms with E-state index in [9.17, 15) is 17.5 Å². The van der Waals surface area contributed by atoms with Crippen molar-refractivity contribution in [3.8, 4) is 6.07 Å². The number of anilines is 1. The van der Waals surface area contributed by atoms with E-state index in [4.69, 9.17) is 5.26 Å². The lowest BCUT2D eigenvalue weighted by atomic mass is 10.2. The molecule has 1 aromatic carbocycles. The summed E-state index contributed by atoms with van der Waals surface area (Å²) in [5.74, 6) is -3.68. The molecule has 1 unspecified atom stereocenters. The number of hydrogen-bond donors (Lipinski definition) is 0. The van der Waals surface area contributed by atoms with Crippen molar-refractivity contribution in [1.29, 1.82) is 5.26 Å². The standard InChI is InChI=1S/C17H20F3N7O2S/c1-4-26(5-2)13-7-8-14(15(9-13)25-30(28,29-20)17(18)19)22-23-16-12(10-21)11-27(6-3)24-16/h7-9,11,17H,4-6H2,1-3H3. The fourth-order valence-corrected chi connectivity index (χ4v) is 3.08. The number of aromatic nitrogens is 2. The molecule has 0 aliphatic heterocycles. The van der Waals surface area contributed by atoms with Crippen LogP contribution >= 0.6 is 0 Å². The summed E-state index contributed by atoms with van der Waals surface area (Å²) in [6, 6.07) is 6.29. The van der Waals surface area contributed by atoms with Crippen molar-refractivity contribution in [2.24, 2.45) is 14.6 Å². The van der Waals surface area contributed by atoms with Crippen LogP contribution in [0, 0.1) is 11.3 Å². The van der Waals surface area contributed by atoms with Crippen LogP contribution in [0.25, 0.3) is 0 Å². The van der Waals surface area contributed by atoms with Gasteiger partial charge in [-0.1, -0.05) is 4.39 Å². The van der Waals surface area contributed by atoms with Crippen LogP contribution in [0.5, 0.6) is 0 Å². The van der Waals surface area contributed by atoms with Crippen LogP contribution < -0.4 is 4.90 Å². The fraction of sp³-hybridized carbons (Fsp3) is 0.412. The molecule has 0 bridgehead atoms. The Kier molecular flexibility index (Phi) is 7.90. The van der Waals surface area contributed by atoms with Gasteiger partial charge in [-0.15, -0.1) is 15.3 Å². The highest BCUT2D eigenvalue weighted by Crippen LogP contribution is 2.36. The number of azo groups is 1. The maximum atomic E-state index is 13.0. The fourth-order valence-electron chi connectivity index (χ4n) is 2.50. The van der Waals surface area contributed by atoms with E-state index in [1.165, 1.54) is 23.0 Å². The zero-order chi connectivity index (χ0) is 22.3. The molecule has 0 aliphatic carbocycles. The second-order valence-corrected chi connectivity index (χ2v) is 7.50. The average Bonchev–Trinajstić information content (AvgIpc) is 3.16. The summed E-state index contributed by atoms with van der Waals surface area (Å²) >= 11 is 0. The first-order valence-corrected chi connectivity index (χ1v) is 10.4. The minimum absolute atomic E-state index is 0.00875. The number of halogens is 3. The van der Waals surface area contributed by atoms with Crippen molar-refractivity contribution < 1.29 is 21.9 Å². The molecule has 0 saturated carbocycles. The molecule has 162 valence electrons. The van der Waals surface area contributed by atoms with Crippen LogP contribution in [0.3, 0.4) is 0 Å².